The van der Waals surface area contributed by atoms with Gasteiger partial charge < -0.3 is 10.1 Å². The third kappa shape index (κ3) is 1.38. The third-order valence-corrected chi connectivity index (χ3v) is 2.14. The molecule has 1 heterocycles. The first-order chi connectivity index (χ1) is 6.70. The van der Waals surface area contributed by atoms with Crippen LogP contribution in [0.1, 0.15) is 5.56 Å². The van der Waals surface area contributed by atoms with Gasteiger partial charge in [0.1, 0.15) is 11.8 Å². The molecule has 4 nitrogen and oxygen atoms in total. The summed E-state index contributed by atoms with van der Waals surface area (Å²) >= 11 is 5.78. The average molecular weight is 209 g/mol. The van der Waals surface area contributed by atoms with Gasteiger partial charge in [0.05, 0.1) is 16.3 Å². The van der Waals surface area contributed by atoms with Crippen molar-refractivity contribution in [2.45, 2.75) is 0 Å². The van der Waals surface area contributed by atoms with E-state index in [1.54, 1.807) is 0 Å². The van der Waals surface area contributed by atoms with Gasteiger partial charge in [0, 0.05) is 6.07 Å². The number of carbonyl (C=O) groups is 1. The Labute approximate surface area is 85.0 Å². The number of rotatable bonds is 0. The lowest BCUT2D eigenvalue weighted by Crippen LogP contribution is -2.25. The maximum Gasteiger partial charge on any atom is 0.262 e. The smallest absolute Gasteiger partial charge is 0.262 e. The molecule has 5 heteroatoms. The number of fused-ring (bicyclic) bond motifs is 1. The lowest BCUT2D eigenvalue weighted by molar-refractivity contribution is -0.118. The van der Waals surface area contributed by atoms with Gasteiger partial charge in [-0.15, -0.1) is 0 Å². The van der Waals surface area contributed by atoms with E-state index in [1.165, 1.54) is 12.1 Å². The Hall–Kier alpha value is -1.73. The molecule has 0 radical (unpaired) electrons. The molecule has 70 valence electrons. The Morgan fingerprint density at radius 3 is 3.07 bits per heavy atom. The number of hydrogen-bond acceptors (Lipinski definition) is 3. The minimum Gasteiger partial charge on any atom is -0.482 e. The van der Waals surface area contributed by atoms with Gasteiger partial charge in [-0.1, -0.05) is 11.6 Å². The fourth-order valence-electron chi connectivity index (χ4n) is 1.19. The molecule has 0 aromatic heterocycles. The van der Waals surface area contributed by atoms with E-state index < -0.39 is 0 Å². The summed E-state index contributed by atoms with van der Waals surface area (Å²) in [7, 11) is 0. The first-order valence-electron chi connectivity index (χ1n) is 3.87. The molecule has 0 atom stereocenters. The molecule has 1 aliphatic rings. The van der Waals surface area contributed by atoms with Gasteiger partial charge in [-0.25, -0.2) is 0 Å². The molecular weight excluding hydrogens is 204 g/mol. The third-order valence-electron chi connectivity index (χ3n) is 1.82. The summed E-state index contributed by atoms with van der Waals surface area (Å²) < 4.78 is 5.11. The summed E-state index contributed by atoms with van der Waals surface area (Å²) in [6.07, 6.45) is 0. The molecule has 0 saturated heterocycles. The molecule has 1 aliphatic heterocycles. The summed E-state index contributed by atoms with van der Waals surface area (Å²) in [5.41, 5.74) is 0.804. The van der Waals surface area contributed by atoms with Gasteiger partial charge in [-0.05, 0) is 6.07 Å². The molecule has 1 N–H and O–H groups in total. The van der Waals surface area contributed by atoms with Gasteiger partial charge in [0.15, 0.2) is 6.61 Å². The Kier molecular flexibility index (Phi) is 2.02. The monoisotopic (exact) mass is 208 g/mol. The van der Waals surface area contributed by atoms with E-state index in [-0.39, 0.29) is 12.5 Å². The number of anilines is 1. The predicted octanol–water partition coefficient (Wildman–Crippen LogP) is 1.54. The van der Waals surface area contributed by atoms with Crippen molar-refractivity contribution in [2.75, 3.05) is 11.9 Å². The summed E-state index contributed by atoms with van der Waals surface area (Å²) in [6, 6.07) is 4.94. The number of carbonyl (C=O) groups excluding carboxylic acids is 1. The number of benzene rings is 1. The molecule has 1 amide bonds. The van der Waals surface area contributed by atoms with Crippen molar-refractivity contribution in [1.82, 2.24) is 0 Å². The largest absolute Gasteiger partial charge is 0.482 e. The lowest BCUT2D eigenvalue weighted by atomic mass is 10.2. The Balaban J connectivity index is 2.52. The lowest BCUT2D eigenvalue weighted by Gasteiger charge is -2.18. The summed E-state index contributed by atoms with van der Waals surface area (Å²) in [6.45, 7) is -0.0186. The summed E-state index contributed by atoms with van der Waals surface area (Å²) in [5.74, 6) is 0.261. The van der Waals surface area contributed by atoms with Crippen LogP contribution in [0.15, 0.2) is 12.1 Å². The normalized spacial score (nSPS) is 13.6. The minimum absolute atomic E-state index is 0.0186. The number of halogens is 1. The molecule has 0 unspecified atom stereocenters. The van der Waals surface area contributed by atoms with E-state index in [9.17, 15) is 4.79 Å². The van der Waals surface area contributed by atoms with Crippen LogP contribution in [0.3, 0.4) is 0 Å². The van der Waals surface area contributed by atoms with Crippen LogP contribution in [0, 0.1) is 11.3 Å². The number of amides is 1. The molecule has 0 fully saturated rings. The van der Waals surface area contributed by atoms with Crippen molar-refractivity contribution in [3.63, 3.8) is 0 Å². The maximum absolute atomic E-state index is 11.0. The van der Waals surface area contributed by atoms with Crippen LogP contribution in [0.2, 0.25) is 5.02 Å². The van der Waals surface area contributed by atoms with Crippen molar-refractivity contribution in [2.24, 2.45) is 0 Å². The quantitative estimate of drug-likeness (QED) is 0.704. The fraction of sp³-hybridized carbons (Fsp3) is 0.111. The Morgan fingerprint density at radius 1 is 1.57 bits per heavy atom. The highest BCUT2D eigenvalue weighted by Crippen LogP contribution is 2.32. The average Bonchev–Trinajstić information content (AvgIpc) is 2.17. The van der Waals surface area contributed by atoms with Crippen LogP contribution >= 0.6 is 11.6 Å². The molecule has 0 spiro atoms. The van der Waals surface area contributed by atoms with E-state index in [4.69, 9.17) is 21.6 Å². The molecular formula is C9H5ClN2O2. The molecule has 0 aliphatic carbocycles. The second-order valence-electron chi connectivity index (χ2n) is 2.78. The maximum atomic E-state index is 11.0. The van der Waals surface area contributed by atoms with Crippen LogP contribution in [0.25, 0.3) is 0 Å². The second kappa shape index (κ2) is 3.20. The van der Waals surface area contributed by atoms with Crippen molar-refractivity contribution < 1.29 is 9.53 Å². The van der Waals surface area contributed by atoms with Crippen LogP contribution in [-0.2, 0) is 4.79 Å². The minimum atomic E-state index is -0.233. The zero-order valence-electron chi connectivity index (χ0n) is 7.00. The summed E-state index contributed by atoms with van der Waals surface area (Å²) in [4.78, 5) is 11.0. The summed E-state index contributed by atoms with van der Waals surface area (Å²) in [5, 5.41) is 11.6. The molecule has 2 rings (SSSR count). The Morgan fingerprint density at radius 2 is 2.36 bits per heavy atom. The van der Waals surface area contributed by atoms with Crippen molar-refractivity contribution in [3.8, 4) is 11.8 Å². The topological polar surface area (TPSA) is 62.1 Å². The molecule has 1 aromatic carbocycles. The number of ether oxygens (including phenoxy) is 1. The molecule has 0 bridgehead atoms. The number of nitrogens with one attached hydrogen (secondary N) is 1. The van der Waals surface area contributed by atoms with E-state index in [0.717, 1.165) is 0 Å². The van der Waals surface area contributed by atoms with E-state index >= 15 is 0 Å². The standard InChI is InChI=1S/C9H5ClN2O2/c10-6-2-8-7(1-5(6)3-11)12-9(13)4-14-8/h1-2H,4H2,(H,12,13). The van der Waals surface area contributed by atoms with Crippen LogP contribution in [0.5, 0.6) is 5.75 Å². The van der Waals surface area contributed by atoms with Gasteiger partial charge in [0.25, 0.3) is 5.91 Å². The zero-order valence-corrected chi connectivity index (χ0v) is 7.76. The Bertz CT molecular complexity index is 451. The van der Waals surface area contributed by atoms with E-state index in [0.29, 0.717) is 22.0 Å². The van der Waals surface area contributed by atoms with Crippen LogP contribution in [0.4, 0.5) is 5.69 Å². The van der Waals surface area contributed by atoms with Crippen LogP contribution in [-0.4, -0.2) is 12.5 Å². The number of hydrogen-bond donors (Lipinski definition) is 1. The first kappa shape index (κ1) is 8.85. The molecule has 14 heavy (non-hydrogen) atoms. The van der Waals surface area contributed by atoms with E-state index in [2.05, 4.69) is 5.32 Å². The number of nitrogens with zero attached hydrogens (tertiary/aromatic N) is 1. The number of nitriles is 1. The highest BCUT2D eigenvalue weighted by Gasteiger charge is 2.17. The van der Waals surface area contributed by atoms with E-state index in [1.807, 2.05) is 6.07 Å². The zero-order chi connectivity index (χ0) is 10.1. The van der Waals surface area contributed by atoms with Gasteiger partial charge >= 0.3 is 0 Å². The van der Waals surface area contributed by atoms with Gasteiger partial charge in [0.2, 0.25) is 0 Å². The van der Waals surface area contributed by atoms with Crippen LogP contribution < -0.4 is 10.1 Å². The van der Waals surface area contributed by atoms with Crippen molar-refractivity contribution >= 4 is 23.2 Å². The SMILES string of the molecule is N#Cc1cc2c(cc1Cl)OCC(=O)N2. The van der Waals surface area contributed by atoms with Gasteiger partial charge in [-0.2, -0.15) is 5.26 Å². The molecule has 0 saturated carbocycles. The van der Waals surface area contributed by atoms with Crippen molar-refractivity contribution in [1.29, 1.82) is 5.26 Å². The predicted molar refractivity (Wildman–Crippen MR) is 50.3 cm³/mol. The first-order valence-corrected chi connectivity index (χ1v) is 4.25. The fourth-order valence-corrected chi connectivity index (χ4v) is 1.38. The van der Waals surface area contributed by atoms with Crippen molar-refractivity contribution in [3.05, 3.63) is 22.7 Å². The molecule has 1 aromatic rings. The highest BCUT2D eigenvalue weighted by atomic mass is 35.5. The second-order valence-corrected chi connectivity index (χ2v) is 3.18. The van der Waals surface area contributed by atoms with Gasteiger partial charge in [-0.3, -0.25) is 4.79 Å². The highest BCUT2D eigenvalue weighted by molar-refractivity contribution is 6.32.